The lowest BCUT2D eigenvalue weighted by molar-refractivity contribution is -0.139. The van der Waals surface area contributed by atoms with Crippen molar-refractivity contribution in [3.8, 4) is 0 Å². The standard InChI is InChI=1S/C16H15ClN2O3/c17-11-4-2-10-3-5-12(18-13(10)8-11)15(22)19-16(6-1-7-16)9-14(20)21/h2-5,8H,1,6-7,9H2,(H,19,22)(H,20,21). The lowest BCUT2D eigenvalue weighted by Crippen LogP contribution is -2.54. The van der Waals surface area contributed by atoms with Crippen LogP contribution in [0.15, 0.2) is 30.3 Å². The number of aromatic nitrogens is 1. The molecule has 0 bridgehead atoms. The maximum Gasteiger partial charge on any atom is 0.305 e. The van der Waals surface area contributed by atoms with Gasteiger partial charge in [-0.3, -0.25) is 9.59 Å². The Morgan fingerprint density at radius 1 is 1.27 bits per heavy atom. The molecule has 1 amide bonds. The number of amides is 1. The minimum atomic E-state index is -0.904. The summed E-state index contributed by atoms with van der Waals surface area (Å²) in [6.07, 6.45) is 2.24. The van der Waals surface area contributed by atoms with Crippen molar-refractivity contribution in [2.75, 3.05) is 0 Å². The van der Waals surface area contributed by atoms with E-state index in [9.17, 15) is 9.59 Å². The molecule has 1 heterocycles. The Balaban J connectivity index is 1.84. The number of carbonyl (C=O) groups excluding carboxylic acids is 1. The van der Waals surface area contributed by atoms with Crippen molar-refractivity contribution in [1.29, 1.82) is 0 Å². The van der Waals surface area contributed by atoms with E-state index in [0.717, 1.165) is 11.8 Å². The summed E-state index contributed by atoms with van der Waals surface area (Å²) in [4.78, 5) is 27.6. The molecule has 114 valence electrons. The monoisotopic (exact) mass is 318 g/mol. The molecule has 0 unspecified atom stereocenters. The summed E-state index contributed by atoms with van der Waals surface area (Å²) < 4.78 is 0. The summed E-state index contributed by atoms with van der Waals surface area (Å²) in [5, 5.41) is 13.3. The summed E-state index contributed by atoms with van der Waals surface area (Å²) >= 11 is 5.94. The van der Waals surface area contributed by atoms with E-state index in [1.54, 1.807) is 24.3 Å². The SMILES string of the molecule is O=C(O)CC1(NC(=O)c2ccc3ccc(Cl)cc3n2)CCC1. The van der Waals surface area contributed by atoms with Gasteiger partial charge in [-0.2, -0.15) is 0 Å². The number of carboxylic acid groups (broad SMARTS) is 1. The van der Waals surface area contributed by atoms with Crippen LogP contribution in [-0.4, -0.2) is 27.5 Å². The van der Waals surface area contributed by atoms with Crippen LogP contribution in [0.5, 0.6) is 0 Å². The second kappa shape index (κ2) is 5.57. The number of carboxylic acids is 1. The number of pyridine rings is 1. The van der Waals surface area contributed by atoms with Gasteiger partial charge in [-0.1, -0.05) is 23.7 Å². The molecular weight excluding hydrogens is 304 g/mol. The molecule has 1 aromatic carbocycles. The molecule has 1 fully saturated rings. The van der Waals surface area contributed by atoms with E-state index in [2.05, 4.69) is 10.3 Å². The molecule has 22 heavy (non-hydrogen) atoms. The topological polar surface area (TPSA) is 79.3 Å². The van der Waals surface area contributed by atoms with Crippen molar-refractivity contribution in [3.63, 3.8) is 0 Å². The molecule has 2 N–H and O–H groups in total. The second-order valence-electron chi connectivity index (χ2n) is 5.69. The summed E-state index contributed by atoms with van der Waals surface area (Å²) in [6, 6.07) is 8.74. The van der Waals surface area contributed by atoms with Gasteiger partial charge in [-0.15, -0.1) is 0 Å². The van der Waals surface area contributed by atoms with Crippen LogP contribution in [-0.2, 0) is 4.79 Å². The van der Waals surface area contributed by atoms with Crippen LogP contribution < -0.4 is 5.32 Å². The summed E-state index contributed by atoms with van der Waals surface area (Å²) in [7, 11) is 0. The number of hydrogen-bond acceptors (Lipinski definition) is 3. The predicted molar refractivity (Wildman–Crippen MR) is 83.1 cm³/mol. The van der Waals surface area contributed by atoms with Crippen LogP contribution >= 0.6 is 11.6 Å². The molecule has 1 saturated carbocycles. The average molecular weight is 319 g/mol. The van der Waals surface area contributed by atoms with E-state index >= 15 is 0 Å². The number of rotatable bonds is 4. The highest BCUT2D eigenvalue weighted by atomic mass is 35.5. The maximum atomic E-state index is 12.4. The molecule has 0 radical (unpaired) electrons. The molecule has 2 aromatic rings. The maximum absolute atomic E-state index is 12.4. The fourth-order valence-corrected chi connectivity index (χ4v) is 2.93. The molecule has 1 aliphatic rings. The highest BCUT2D eigenvalue weighted by molar-refractivity contribution is 6.31. The molecule has 5 nitrogen and oxygen atoms in total. The number of carbonyl (C=O) groups is 2. The van der Waals surface area contributed by atoms with E-state index in [1.165, 1.54) is 0 Å². The van der Waals surface area contributed by atoms with E-state index in [1.807, 2.05) is 6.07 Å². The average Bonchev–Trinajstić information content (AvgIpc) is 2.43. The first-order valence-electron chi connectivity index (χ1n) is 7.08. The first-order valence-corrected chi connectivity index (χ1v) is 7.46. The van der Waals surface area contributed by atoms with E-state index in [-0.39, 0.29) is 18.0 Å². The van der Waals surface area contributed by atoms with Crippen molar-refractivity contribution in [3.05, 3.63) is 41.0 Å². The largest absolute Gasteiger partial charge is 0.481 e. The van der Waals surface area contributed by atoms with Crippen molar-refractivity contribution >= 4 is 34.4 Å². The number of halogens is 1. The Bertz CT molecular complexity index is 756. The minimum Gasteiger partial charge on any atom is -0.481 e. The first-order chi connectivity index (χ1) is 10.5. The molecule has 0 atom stereocenters. The van der Waals surface area contributed by atoms with Gasteiger partial charge >= 0.3 is 5.97 Å². The lowest BCUT2D eigenvalue weighted by atomic mass is 9.74. The lowest BCUT2D eigenvalue weighted by Gasteiger charge is -2.41. The third-order valence-electron chi connectivity index (χ3n) is 4.07. The van der Waals surface area contributed by atoms with Gasteiger partial charge in [0, 0.05) is 10.4 Å². The van der Waals surface area contributed by atoms with Crippen molar-refractivity contribution in [1.82, 2.24) is 10.3 Å². The number of nitrogens with zero attached hydrogens (tertiary/aromatic N) is 1. The third-order valence-corrected chi connectivity index (χ3v) is 4.30. The van der Waals surface area contributed by atoms with E-state index in [4.69, 9.17) is 16.7 Å². The van der Waals surface area contributed by atoms with Crippen molar-refractivity contribution in [2.24, 2.45) is 0 Å². The molecule has 0 saturated heterocycles. The van der Waals surface area contributed by atoms with Gasteiger partial charge in [0.25, 0.3) is 5.91 Å². The number of hydrogen-bond donors (Lipinski definition) is 2. The molecule has 1 aliphatic carbocycles. The first kappa shape index (κ1) is 14.8. The predicted octanol–water partition coefficient (Wildman–Crippen LogP) is 3.02. The molecule has 6 heteroatoms. The van der Waals surface area contributed by atoms with Crippen LogP contribution in [0, 0.1) is 0 Å². The second-order valence-corrected chi connectivity index (χ2v) is 6.13. The Hall–Kier alpha value is -2.14. The van der Waals surface area contributed by atoms with Gasteiger partial charge in [0.2, 0.25) is 0 Å². The highest BCUT2D eigenvalue weighted by Crippen LogP contribution is 2.35. The van der Waals surface area contributed by atoms with Gasteiger partial charge in [0.05, 0.1) is 17.5 Å². The van der Waals surface area contributed by atoms with Gasteiger partial charge < -0.3 is 10.4 Å². The quantitative estimate of drug-likeness (QED) is 0.908. The number of nitrogens with one attached hydrogen (secondary N) is 1. The third kappa shape index (κ3) is 2.90. The number of aliphatic carboxylic acids is 1. The highest BCUT2D eigenvalue weighted by Gasteiger charge is 2.40. The van der Waals surface area contributed by atoms with Crippen LogP contribution in [0.25, 0.3) is 10.9 Å². The van der Waals surface area contributed by atoms with Crippen molar-refractivity contribution < 1.29 is 14.7 Å². The Morgan fingerprint density at radius 2 is 2.00 bits per heavy atom. The zero-order valence-electron chi connectivity index (χ0n) is 11.8. The molecule has 3 rings (SSSR count). The zero-order chi connectivity index (χ0) is 15.7. The van der Waals surface area contributed by atoms with Crippen LogP contribution in [0.1, 0.15) is 36.2 Å². The number of fused-ring (bicyclic) bond motifs is 1. The van der Waals surface area contributed by atoms with Crippen LogP contribution in [0.2, 0.25) is 5.02 Å². The summed E-state index contributed by atoms with van der Waals surface area (Å²) in [5.74, 6) is -1.25. The van der Waals surface area contributed by atoms with Crippen LogP contribution in [0.4, 0.5) is 0 Å². The van der Waals surface area contributed by atoms with E-state index < -0.39 is 11.5 Å². The Kier molecular flexibility index (Phi) is 3.74. The fourth-order valence-electron chi connectivity index (χ4n) is 2.76. The smallest absolute Gasteiger partial charge is 0.305 e. The molecular formula is C16H15ClN2O3. The summed E-state index contributed by atoms with van der Waals surface area (Å²) in [6.45, 7) is 0. The summed E-state index contributed by atoms with van der Waals surface area (Å²) in [5.41, 5.74) is 0.279. The van der Waals surface area contributed by atoms with Crippen LogP contribution in [0.3, 0.4) is 0 Å². The van der Waals surface area contributed by atoms with Gasteiger partial charge in [-0.05, 0) is 37.5 Å². The molecule has 0 aliphatic heterocycles. The van der Waals surface area contributed by atoms with Gasteiger partial charge in [0.1, 0.15) is 5.69 Å². The minimum absolute atomic E-state index is 0.0574. The normalized spacial score (nSPS) is 16.0. The Labute approximate surface area is 132 Å². The molecule has 1 aromatic heterocycles. The zero-order valence-corrected chi connectivity index (χ0v) is 12.6. The molecule has 0 spiro atoms. The van der Waals surface area contributed by atoms with Gasteiger partial charge in [0.15, 0.2) is 0 Å². The van der Waals surface area contributed by atoms with E-state index in [0.29, 0.717) is 23.4 Å². The Morgan fingerprint density at radius 3 is 2.64 bits per heavy atom. The number of benzene rings is 1. The fraction of sp³-hybridized carbons (Fsp3) is 0.312. The van der Waals surface area contributed by atoms with Gasteiger partial charge in [-0.25, -0.2) is 4.98 Å². The van der Waals surface area contributed by atoms with Crippen molar-refractivity contribution in [2.45, 2.75) is 31.2 Å².